The van der Waals surface area contributed by atoms with E-state index in [-0.39, 0.29) is 16.9 Å². The van der Waals surface area contributed by atoms with Crippen molar-refractivity contribution >= 4 is 38.4 Å². The Morgan fingerprint density at radius 3 is 2.59 bits per heavy atom. The fourth-order valence-corrected chi connectivity index (χ4v) is 2.66. The van der Waals surface area contributed by atoms with Crippen LogP contribution in [-0.2, 0) is 0 Å². The number of carbonyl (C=O) groups excluding carboxylic acids is 1. The van der Waals surface area contributed by atoms with Crippen LogP contribution < -0.4 is 10.3 Å². The van der Waals surface area contributed by atoms with Gasteiger partial charge in [-0.15, -0.1) is 0 Å². The number of aromatic amines is 1. The van der Waals surface area contributed by atoms with E-state index in [0.717, 1.165) is 10.2 Å². The number of fused-ring (bicyclic) bond motifs is 1. The number of pyridine rings is 1. The number of hydrogen-bond acceptors (Lipinski definition) is 2. The summed E-state index contributed by atoms with van der Waals surface area (Å²) in [5.74, 6) is -0.339. The number of rotatable bonds is 2. The van der Waals surface area contributed by atoms with Crippen LogP contribution in [0.3, 0.4) is 0 Å². The van der Waals surface area contributed by atoms with Crippen LogP contribution in [0.5, 0.6) is 0 Å². The first kappa shape index (κ1) is 14.5. The maximum atomic E-state index is 12.6. The van der Waals surface area contributed by atoms with Crippen molar-refractivity contribution in [3.8, 4) is 0 Å². The molecule has 0 spiro atoms. The minimum atomic E-state index is -0.339. The average molecular weight is 357 g/mol. The number of aromatic nitrogens is 1. The number of nitrogens with zero attached hydrogens (tertiary/aromatic N) is 1. The van der Waals surface area contributed by atoms with Crippen LogP contribution >= 0.6 is 15.9 Å². The summed E-state index contributed by atoms with van der Waals surface area (Å²) < 4.78 is 0.798. The molecule has 0 atom stereocenters. The van der Waals surface area contributed by atoms with E-state index in [1.54, 1.807) is 19.2 Å². The molecule has 0 aliphatic rings. The zero-order valence-corrected chi connectivity index (χ0v) is 13.4. The maximum Gasteiger partial charge on any atom is 0.263 e. The maximum absolute atomic E-state index is 12.6. The summed E-state index contributed by atoms with van der Waals surface area (Å²) >= 11 is 3.35. The van der Waals surface area contributed by atoms with Gasteiger partial charge in [0.05, 0.1) is 0 Å². The molecular weight excluding hydrogens is 344 g/mol. The molecule has 0 saturated heterocycles. The molecule has 110 valence electrons. The number of amides is 1. The number of carbonyl (C=O) groups is 1. The minimum absolute atomic E-state index is 0.122. The van der Waals surface area contributed by atoms with Gasteiger partial charge < -0.3 is 9.88 Å². The van der Waals surface area contributed by atoms with Crippen molar-refractivity contribution in [1.29, 1.82) is 0 Å². The molecule has 0 unspecified atom stereocenters. The van der Waals surface area contributed by atoms with Crippen LogP contribution in [0.15, 0.2) is 64.0 Å². The van der Waals surface area contributed by atoms with Gasteiger partial charge in [-0.3, -0.25) is 9.59 Å². The van der Waals surface area contributed by atoms with Crippen molar-refractivity contribution in [2.24, 2.45) is 0 Å². The van der Waals surface area contributed by atoms with Crippen molar-refractivity contribution < 1.29 is 4.79 Å². The highest BCUT2D eigenvalue weighted by Crippen LogP contribution is 2.17. The first-order valence-corrected chi connectivity index (χ1v) is 7.51. The molecule has 1 N–H and O–H groups in total. The van der Waals surface area contributed by atoms with Gasteiger partial charge in [0.1, 0.15) is 5.56 Å². The summed E-state index contributed by atoms with van der Waals surface area (Å²) in [7, 11) is 1.65. The first-order chi connectivity index (χ1) is 10.6. The number of para-hydroxylation sites is 1. The number of H-pyrrole nitrogens is 1. The first-order valence-electron chi connectivity index (χ1n) is 6.72. The summed E-state index contributed by atoms with van der Waals surface area (Å²) in [6.45, 7) is 0. The molecule has 1 heterocycles. The van der Waals surface area contributed by atoms with E-state index >= 15 is 0 Å². The molecule has 2 aromatic carbocycles. The van der Waals surface area contributed by atoms with Crippen molar-refractivity contribution in [3.05, 3.63) is 75.0 Å². The molecule has 4 nitrogen and oxygen atoms in total. The van der Waals surface area contributed by atoms with Crippen LogP contribution in [0.4, 0.5) is 5.69 Å². The Balaban J connectivity index is 2.08. The predicted molar refractivity (Wildman–Crippen MR) is 91.4 cm³/mol. The lowest BCUT2D eigenvalue weighted by Gasteiger charge is -2.17. The summed E-state index contributed by atoms with van der Waals surface area (Å²) in [6, 6.07) is 14.6. The molecule has 5 heteroatoms. The van der Waals surface area contributed by atoms with Crippen molar-refractivity contribution in [2.75, 3.05) is 11.9 Å². The second-order valence-corrected chi connectivity index (χ2v) is 5.84. The zero-order chi connectivity index (χ0) is 15.7. The highest BCUT2D eigenvalue weighted by molar-refractivity contribution is 9.10. The third kappa shape index (κ3) is 2.55. The number of nitrogens with one attached hydrogen (secondary N) is 1. The van der Waals surface area contributed by atoms with E-state index in [9.17, 15) is 9.59 Å². The molecule has 3 aromatic rings. The Labute approximate surface area is 135 Å². The Morgan fingerprint density at radius 2 is 1.86 bits per heavy atom. The van der Waals surface area contributed by atoms with E-state index in [2.05, 4.69) is 20.9 Å². The van der Waals surface area contributed by atoms with Gasteiger partial charge in [0, 0.05) is 34.3 Å². The lowest BCUT2D eigenvalue weighted by atomic mass is 10.1. The molecule has 0 aliphatic carbocycles. The number of anilines is 1. The van der Waals surface area contributed by atoms with Crippen molar-refractivity contribution in [2.45, 2.75) is 0 Å². The van der Waals surface area contributed by atoms with Crippen LogP contribution in [0.1, 0.15) is 10.4 Å². The summed E-state index contributed by atoms with van der Waals surface area (Å²) in [6.07, 6.45) is 1.47. The molecule has 0 bridgehead atoms. The zero-order valence-electron chi connectivity index (χ0n) is 11.8. The normalized spacial score (nSPS) is 10.6. The molecular formula is C17H13BrN2O2. The molecule has 0 saturated carbocycles. The highest BCUT2D eigenvalue weighted by atomic mass is 79.9. The third-order valence-electron chi connectivity index (χ3n) is 3.52. The lowest BCUT2D eigenvalue weighted by molar-refractivity contribution is 0.0992. The Morgan fingerprint density at radius 1 is 1.14 bits per heavy atom. The molecule has 3 rings (SSSR count). The van der Waals surface area contributed by atoms with Gasteiger partial charge in [-0.1, -0.05) is 34.1 Å². The SMILES string of the molecule is CN(C(=O)c1c[nH]c2ccc(Br)cc2c1=O)c1ccccc1. The summed E-state index contributed by atoms with van der Waals surface area (Å²) in [4.78, 5) is 29.6. The van der Waals surface area contributed by atoms with E-state index in [4.69, 9.17) is 0 Å². The molecule has 1 amide bonds. The van der Waals surface area contributed by atoms with E-state index in [0.29, 0.717) is 10.9 Å². The van der Waals surface area contributed by atoms with Gasteiger partial charge in [-0.2, -0.15) is 0 Å². The molecule has 1 aromatic heterocycles. The van der Waals surface area contributed by atoms with Gasteiger partial charge in [-0.25, -0.2) is 0 Å². The van der Waals surface area contributed by atoms with Gasteiger partial charge in [0.15, 0.2) is 0 Å². The standard InChI is InChI=1S/C17H13BrN2O2/c1-20(12-5-3-2-4-6-12)17(22)14-10-19-15-8-7-11(18)9-13(15)16(14)21/h2-10H,1H3,(H,19,21). The van der Waals surface area contributed by atoms with Gasteiger partial charge in [0.25, 0.3) is 5.91 Å². The topological polar surface area (TPSA) is 53.2 Å². The number of benzene rings is 2. The number of hydrogen-bond donors (Lipinski definition) is 1. The minimum Gasteiger partial charge on any atom is -0.360 e. The summed E-state index contributed by atoms with van der Waals surface area (Å²) in [5, 5.41) is 0.488. The largest absolute Gasteiger partial charge is 0.360 e. The molecule has 0 aliphatic heterocycles. The Hall–Kier alpha value is -2.40. The molecule has 0 radical (unpaired) electrons. The fraction of sp³-hybridized carbons (Fsp3) is 0.0588. The average Bonchev–Trinajstić information content (AvgIpc) is 2.55. The fourth-order valence-electron chi connectivity index (χ4n) is 2.30. The second-order valence-electron chi connectivity index (χ2n) is 4.92. The third-order valence-corrected chi connectivity index (χ3v) is 4.01. The summed E-state index contributed by atoms with van der Waals surface area (Å²) in [5.41, 5.74) is 1.29. The van der Waals surface area contributed by atoms with Gasteiger partial charge in [-0.05, 0) is 30.3 Å². The van der Waals surface area contributed by atoms with Crippen LogP contribution in [0, 0.1) is 0 Å². The lowest BCUT2D eigenvalue weighted by Crippen LogP contribution is -2.31. The van der Waals surface area contributed by atoms with E-state index in [1.807, 2.05) is 36.4 Å². The molecule has 22 heavy (non-hydrogen) atoms. The number of halogens is 1. The predicted octanol–water partition coefficient (Wildman–Crippen LogP) is 3.57. The van der Waals surface area contributed by atoms with Crippen molar-refractivity contribution in [1.82, 2.24) is 4.98 Å². The Bertz CT molecular complexity index is 903. The Kier molecular flexibility index (Phi) is 3.81. The van der Waals surface area contributed by atoms with Crippen molar-refractivity contribution in [3.63, 3.8) is 0 Å². The van der Waals surface area contributed by atoms with E-state index in [1.165, 1.54) is 11.1 Å². The van der Waals surface area contributed by atoms with Crippen LogP contribution in [0.25, 0.3) is 10.9 Å². The highest BCUT2D eigenvalue weighted by Gasteiger charge is 2.18. The van der Waals surface area contributed by atoms with Gasteiger partial charge >= 0.3 is 0 Å². The smallest absolute Gasteiger partial charge is 0.263 e. The van der Waals surface area contributed by atoms with Crippen LogP contribution in [-0.4, -0.2) is 17.9 Å². The van der Waals surface area contributed by atoms with E-state index < -0.39 is 0 Å². The van der Waals surface area contributed by atoms with Gasteiger partial charge in [0.2, 0.25) is 5.43 Å². The second kappa shape index (κ2) is 5.77. The quantitative estimate of drug-likeness (QED) is 0.762. The molecule has 0 fully saturated rings. The van der Waals surface area contributed by atoms with Crippen LogP contribution in [0.2, 0.25) is 0 Å². The monoisotopic (exact) mass is 356 g/mol.